The van der Waals surface area contributed by atoms with E-state index in [0.717, 1.165) is 23.0 Å². The van der Waals surface area contributed by atoms with Gasteiger partial charge in [-0.3, -0.25) is 0 Å². The van der Waals surface area contributed by atoms with Gasteiger partial charge in [0.1, 0.15) is 0 Å². The summed E-state index contributed by atoms with van der Waals surface area (Å²) in [5.41, 5.74) is 8.84. The standard InChI is InChI=1S/C16H23N3O/c1-11-8-14(6-7-15(11)16(17)18-20)19(9-12-2-3-12)10-13-4-5-13/h6-8,12-13,20H,2-5,9-10H2,1H3,(H2,17,18). The van der Waals surface area contributed by atoms with Crippen LogP contribution in [0.4, 0.5) is 5.69 Å². The monoisotopic (exact) mass is 273 g/mol. The first-order valence-corrected chi connectivity index (χ1v) is 7.51. The predicted molar refractivity (Wildman–Crippen MR) is 81.4 cm³/mol. The van der Waals surface area contributed by atoms with Gasteiger partial charge in [0.2, 0.25) is 0 Å². The number of aryl methyl sites for hydroxylation is 1. The van der Waals surface area contributed by atoms with E-state index in [-0.39, 0.29) is 5.84 Å². The summed E-state index contributed by atoms with van der Waals surface area (Å²) in [4.78, 5) is 2.53. The maximum atomic E-state index is 8.80. The minimum Gasteiger partial charge on any atom is -0.409 e. The lowest BCUT2D eigenvalue weighted by molar-refractivity contribution is 0.318. The minimum absolute atomic E-state index is 0.185. The maximum absolute atomic E-state index is 8.80. The Kier molecular flexibility index (Phi) is 3.55. The first-order valence-electron chi connectivity index (χ1n) is 7.51. The van der Waals surface area contributed by atoms with Crippen LogP contribution >= 0.6 is 0 Å². The zero-order valence-corrected chi connectivity index (χ0v) is 12.0. The highest BCUT2D eigenvalue weighted by Crippen LogP contribution is 2.36. The molecule has 0 aliphatic heterocycles. The molecule has 2 aliphatic rings. The summed E-state index contributed by atoms with van der Waals surface area (Å²) in [7, 11) is 0. The molecule has 0 unspecified atom stereocenters. The zero-order chi connectivity index (χ0) is 14.1. The molecule has 0 bridgehead atoms. The number of benzene rings is 1. The lowest BCUT2D eigenvalue weighted by Gasteiger charge is -2.25. The van der Waals surface area contributed by atoms with E-state index in [2.05, 4.69) is 22.2 Å². The van der Waals surface area contributed by atoms with Gasteiger partial charge in [0.05, 0.1) is 0 Å². The van der Waals surface area contributed by atoms with E-state index < -0.39 is 0 Å². The molecule has 108 valence electrons. The van der Waals surface area contributed by atoms with Crippen LogP contribution in [-0.2, 0) is 0 Å². The van der Waals surface area contributed by atoms with Crippen LogP contribution in [0.15, 0.2) is 23.4 Å². The maximum Gasteiger partial charge on any atom is 0.170 e. The summed E-state index contributed by atoms with van der Waals surface area (Å²) in [6.07, 6.45) is 5.51. The number of hydrogen-bond donors (Lipinski definition) is 2. The van der Waals surface area contributed by atoms with Crippen LogP contribution in [0.3, 0.4) is 0 Å². The van der Waals surface area contributed by atoms with Crippen molar-refractivity contribution in [2.75, 3.05) is 18.0 Å². The van der Waals surface area contributed by atoms with Crippen LogP contribution in [0.2, 0.25) is 0 Å². The fraction of sp³-hybridized carbons (Fsp3) is 0.562. The Hall–Kier alpha value is -1.71. The molecule has 0 amide bonds. The molecule has 3 N–H and O–H groups in total. The van der Waals surface area contributed by atoms with Crippen LogP contribution in [0.5, 0.6) is 0 Å². The quantitative estimate of drug-likeness (QED) is 0.362. The van der Waals surface area contributed by atoms with Gasteiger partial charge in [-0.25, -0.2) is 0 Å². The Morgan fingerprint density at radius 1 is 1.25 bits per heavy atom. The third-order valence-corrected chi connectivity index (χ3v) is 4.31. The van der Waals surface area contributed by atoms with Crippen LogP contribution in [0, 0.1) is 18.8 Å². The van der Waals surface area contributed by atoms with Gasteiger partial charge in [0.15, 0.2) is 5.84 Å². The van der Waals surface area contributed by atoms with Crippen molar-refractivity contribution in [1.82, 2.24) is 0 Å². The zero-order valence-electron chi connectivity index (χ0n) is 12.0. The second-order valence-corrected chi connectivity index (χ2v) is 6.28. The van der Waals surface area contributed by atoms with Gasteiger partial charge in [-0.1, -0.05) is 5.16 Å². The van der Waals surface area contributed by atoms with Gasteiger partial charge in [0.25, 0.3) is 0 Å². The van der Waals surface area contributed by atoms with Gasteiger partial charge in [-0.05, 0) is 68.2 Å². The van der Waals surface area contributed by atoms with Crippen molar-refractivity contribution < 1.29 is 5.21 Å². The van der Waals surface area contributed by atoms with Crippen LogP contribution < -0.4 is 10.6 Å². The molecular weight excluding hydrogens is 250 g/mol. The average Bonchev–Trinajstić information content (AvgIpc) is 3.32. The first kappa shape index (κ1) is 13.3. The van der Waals surface area contributed by atoms with Crippen molar-refractivity contribution in [1.29, 1.82) is 0 Å². The molecule has 1 aromatic rings. The first-order chi connectivity index (χ1) is 9.67. The molecule has 0 aromatic heterocycles. The normalized spacial score (nSPS) is 19.1. The number of oxime groups is 1. The topological polar surface area (TPSA) is 61.8 Å². The number of nitrogens with zero attached hydrogens (tertiary/aromatic N) is 2. The minimum atomic E-state index is 0.185. The van der Waals surface area contributed by atoms with Gasteiger partial charge in [-0.15, -0.1) is 0 Å². The molecule has 2 aliphatic carbocycles. The van der Waals surface area contributed by atoms with E-state index in [1.54, 1.807) is 0 Å². The van der Waals surface area contributed by atoms with Crippen molar-refractivity contribution in [3.05, 3.63) is 29.3 Å². The molecule has 20 heavy (non-hydrogen) atoms. The molecule has 1 aromatic carbocycles. The Balaban J connectivity index is 1.80. The second kappa shape index (κ2) is 5.35. The molecule has 0 saturated heterocycles. The molecule has 3 rings (SSSR count). The fourth-order valence-electron chi connectivity index (χ4n) is 2.70. The van der Waals surface area contributed by atoms with Crippen LogP contribution in [0.1, 0.15) is 36.8 Å². The summed E-state index contributed by atoms with van der Waals surface area (Å²) in [5.74, 6) is 1.96. The molecule has 0 spiro atoms. The van der Waals surface area contributed by atoms with Crippen molar-refractivity contribution >= 4 is 11.5 Å². The fourth-order valence-corrected chi connectivity index (χ4v) is 2.70. The third kappa shape index (κ3) is 3.06. The smallest absolute Gasteiger partial charge is 0.170 e. The van der Waals surface area contributed by atoms with E-state index in [1.807, 2.05) is 13.0 Å². The third-order valence-electron chi connectivity index (χ3n) is 4.31. The summed E-state index contributed by atoms with van der Waals surface area (Å²) >= 11 is 0. The number of hydrogen-bond acceptors (Lipinski definition) is 3. The Morgan fingerprint density at radius 3 is 2.30 bits per heavy atom. The summed E-state index contributed by atoms with van der Waals surface area (Å²) in [6.45, 7) is 4.38. The van der Waals surface area contributed by atoms with Crippen molar-refractivity contribution in [2.24, 2.45) is 22.7 Å². The molecular formula is C16H23N3O. The van der Waals surface area contributed by atoms with Crippen LogP contribution in [0.25, 0.3) is 0 Å². The molecule has 2 fully saturated rings. The molecule has 2 saturated carbocycles. The lowest BCUT2D eigenvalue weighted by atomic mass is 10.1. The van der Waals surface area contributed by atoms with Crippen LogP contribution in [-0.4, -0.2) is 24.1 Å². The molecule has 0 radical (unpaired) electrons. The number of rotatable bonds is 6. The number of nitrogens with two attached hydrogens (primary N) is 1. The number of amidine groups is 1. The van der Waals surface area contributed by atoms with Gasteiger partial charge < -0.3 is 15.8 Å². The predicted octanol–water partition coefficient (Wildman–Crippen LogP) is 2.72. The summed E-state index contributed by atoms with van der Waals surface area (Å²) in [6, 6.07) is 6.23. The highest BCUT2D eigenvalue weighted by atomic mass is 16.4. The highest BCUT2D eigenvalue weighted by molar-refractivity contribution is 5.98. The van der Waals surface area contributed by atoms with E-state index >= 15 is 0 Å². The van der Waals surface area contributed by atoms with Crippen molar-refractivity contribution in [3.63, 3.8) is 0 Å². The molecule has 4 nitrogen and oxygen atoms in total. The Labute approximate surface area is 120 Å². The SMILES string of the molecule is Cc1cc(N(CC2CC2)CC2CC2)ccc1/C(N)=N/O. The molecule has 0 atom stereocenters. The van der Waals surface area contributed by atoms with E-state index in [1.165, 1.54) is 44.5 Å². The van der Waals surface area contributed by atoms with Gasteiger partial charge in [-0.2, -0.15) is 0 Å². The average molecular weight is 273 g/mol. The Bertz CT molecular complexity index is 504. The van der Waals surface area contributed by atoms with Gasteiger partial charge >= 0.3 is 0 Å². The van der Waals surface area contributed by atoms with Gasteiger partial charge in [0, 0.05) is 24.3 Å². The van der Waals surface area contributed by atoms with Crippen molar-refractivity contribution in [3.8, 4) is 0 Å². The van der Waals surface area contributed by atoms with Crippen molar-refractivity contribution in [2.45, 2.75) is 32.6 Å². The lowest BCUT2D eigenvalue weighted by Crippen LogP contribution is -2.28. The largest absolute Gasteiger partial charge is 0.409 e. The van der Waals surface area contributed by atoms with E-state index in [9.17, 15) is 0 Å². The highest BCUT2D eigenvalue weighted by Gasteiger charge is 2.29. The van der Waals surface area contributed by atoms with E-state index in [0.29, 0.717) is 0 Å². The Morgan fingerprint density at radius 2 is 1.85 bits per heavy atom. The molecule has 0 heterocycles. The summed E-state index contributed by atoms with van der Waals surface area (Å²) < 4.78 is 0. The van der Waals surface area contributed by atoms with E-state index in [4.69, 9.17) is 10.9 Å². The molecule has 4 heteroatoms. The summed E-state index contributed by atoms with van der Waals surface area (Å²) in [5, 5.41) is 11.9. The second-order valence-electron chi connectivity index (χ2n) is 6.28. The number of anilines is 1.